The van der Waals surface area contributed by atoms with E-state index in [2.05, 4.69) is 52.3 Å². The smallest absolute Gasteiger partial charge is 0.358 e. The van der Waals surface area contributed by atoms with Crippen molar-refractivity contribution in [2.45, 2.75) is 52.1 Å². The fraction of sp³-hybridized carbons (Fsp3) is 0.220. The van der Waals surface area contributed by atoms with Gasteiger partial charge in [-0.15, -0.1) is 10.2 Å². The molecule has 2 aliphatic rings. The number of carbonyl (C=O) groups excluding carboxylic acids is 1. The lowest BCUT2D eigenvalue weighted by Crippen LogP contribution is -2.08. The van der Waals surface area contributed by atoms with E-state index in [1.807, 2.05) is 18.2 Å². The maximum absolute atomic E-state index is 14.0. The molecule has 282 valence electrons. The Kier molecular flexibility index (Phi) is 12.8. The van der Waals surface area contributed by atoms with Gasteiger partial charge in [0.25, 0.3) is 0 Å². The predicted molar refractivity (Wildman–Crippen MR) is 209 cm³/mol. The normalized spacial score (nSPS) is 13.8. The average molecular weight is 877 g/mol. The van der Waals surface area contributed by atoms with Gasteiger partial charge in [-0.3, -0.25) is 0 Å². The third-order valence-corrected chi connectivity index (χ3v) is 10.1. The number of aromatic hydroxyl groups is 1. The molecule has 14 heteroatoms. The molecule has 0 unspecified atom stereocenters. The molecule has 0 spiro atoms. The first kappa shape index (κ1) is 39.4. The van der Waals surface area contributed by atoms with E-state index in [-0.39, 0.29) is 29.3 Å². The van der Waals surface area contributed by atoms with Crippen molar-refractivity contribution in [3.63, 3.8) is 0 Å². The number of phenols is 1. The van der Waals surface area contributed by atoms with E-state index in [0.717, 1.165) is 92.5 Å². The number of esters is 1. The summed E-state index contributed by atoms with van der Waals surface area (Å²) in [6.07, 6.45) is 8.38. The maximum atomic E-state index is 14.0. The molecule has 3 aromatic carbocycles. The molecule has 0 amide bonds. The Hall–Kier alpha value is -5.34. The second-order valence-corrected chi connectivity index (χ2v) is 14.5. The van der Waals surface area contributed by atoms with Crippen LogP contribution < -0.4 is 4.74 Å². The molecule has 0 saturated carbocycles. The highest BCUT2D eigenvalue weighted by atomic mass is 79.9. The molecule has 55 heavy (non-hydrogen) atoms. The third-order valence-electron chi connectivity index (χ3n) is 9.09. The van der Waals surface area contributed by atoms with Gasteiger partial charge in [-0.05, 0) is 128 Å². The van der Waals surface area contributed by atoms with Gasteiger partial charge in [-0.1, -0.05) is 31.9 Å². The topological polar surface area (TPSA) is 145 Å². The van der Waals surface area contributed by atoms with Crippen LogP contribution in [-0.4, -0.2) is 49.2 Å². The Morgan fingerprint density at radius 1 is 0.745 bits per heavy atom. The van der Waals surface area contributed by atoms with Gasteiger partial charge in [0.05, 0.1) is 19.0 Å². The second kappa shape index (κ2) is 17.9. The van der Waals surface area contributed by atoms with Crippen molar-refractivity contribution in [1.82, 2.24) is 20.4 Å². The third kappa shape index (κ3) is 9.49. The molecule has 0 atom stereocenters. The molecule has 7 rings (SSSR count). The van der Waals surface area contributed by atoms with Crippen molar-refractivity contribution in [3.8, 4) is 11.5 Å². The molecule has 5 aromatic rings. The average Bonchev–Trinajstić information content (AvgIpc) is 3.87. The molecule has 2 aliphatic carbocycles. The first-order valence-corrected chi connectivity index (χ1v) is 19.0. The van der Waals surface area contributed by atoms with Gasteiger partial charge in [-0.25, -0.2) is 18.4 Å². The zero-order valence-electron chi connectivity index (χ0n) is 29.5. The van der Waals surface area contributed by atoms with E-state index < -0.39 is 23.6 Å². The van der Waals surface area contributed by atoms with Gasteiger partial charge < -0.3 is 19.7 Å². The van der Waals surface area contributed by atoms with Crippen LogP contribution in [0, 0.1) is 11.6 Å². The number of halogens is 4. The summed E-state index contributed by atoms with van der Waals surface area (Å²) in [5, 5.41) is 34.7. The standard InChI is InChI=1S/C23H17BrF2N2O3.C18H17BrN2O3/c24-15-5-7-22(31-12-13-4-6-16(25)10-20(13)26)19(9-15)18-3-1-2-17(18)14-8-21(23(29)30)28-27-11-14;1-2-24-18(23)16-8-11(10-20-21-16)13-4-3-5-14(13)15-9-12(19)6-7-17(15)22/h4-11H,1-3,12H2,(H,29,30);6-10,22H,2-5H2,1H3. The number of ether oxygens (including phenoxy) is 2. The first-order chi connectivity index (χ1) is 26.5. The number of phenolic OH excluding ortho intramolecular Hbond substituents is 1. The van der Waals surface area contributed by atoms with Crippen molar-refractivity contribution in [1.29, 1.82) is 0 Å². The maximum Gasteiger partial charge on any atom is 0.358 e. The molecule has 10 nitrogen and oxygen atoms in total. The number of hydrogen-bond donors (Lipinski definition) is 2. The number of carboxylic acids is 1. The van der Waals surface area contributed by atoms with Gasteiger partial charge in [0.2, 0.25) is 0 Å². The van der Waals surface area contributed by atoms with Gasteiger partial charge in [-0.2, -0.15) is 10.2 Å². The van der Waals surface area contributed by atoms with E-state index in [0.29, 0.717) is 17.9 Å². The summed E-state index contributed by atoms with van der Waals surface area (Å²) >= 11 is 6.94. The molecule has 2 N–H and O–H groups in total. The number of nitrogens with zero attached hydrogens (tertiary/aromatic N) is 4. The van der Waals surface area contributed by atoms with E-state index in [9.17, 15) is 28.6 Å². The fourth-order valence-electron chi connectivity index (χ4n) is 6.60. The van der Waals surface area contributed by atoms with Gasteiger partial charge in [0.1, 0.15) is 29.7 Å². The Bertz CT molecular complexity index is 2330. The van der Waals surface area contributed by atoms with Crippen LogP contribution in [0.5, 0.6) is 11.5 Å². The monoisotopic (exact) mass is 874 g/mol. The number of allylic oxidation sites excluding steroid dienone is 4. The molecule has 2 heterocycles. The molecule has 0 radical (unpaired) electrons. The molecular weight excluding hydrogens is 842 g/mol. The van der Waals surface area contributed by atoms with Crippen molar-refractivity contribution in [3.05, 3.63) is 139 Å². The fourth-order valence-corrected chi connectivity index (χ4v) is 7.32. The Morgan fingerprint density at radius 3 is 1.96 bits per heavy atom. The highest BCUT2D eigenvalue weighted by Crippen LogP contribution is 2.45. The van der Waals surface area contributed by atoms with Crippen LogP contribution in [0.15, 0.2) is 88.1 Å². The van der Waals surface area contributed by atoms with Crippen molar-refractivity contribution >= 4 is 66.1 Å². The molecule has 0 bridgehead atoms. The molecule has 0 aliphatic heterocycles. The van der Waals surface area contributed by atoms with Gasteiger partial charge in [0, 0.05) is 42.8 Å². The van der Waals surface area contributed by atoms with Crippen LogP contribution in [0.25, 0.3) is 22.3 Å². The Balaban J connectivity index is 0.000000193. The second-order valence-electron chi connectivity index (χ2n) is 12.6. The van der Waals surface area contributed by atoms with Gasteiger partial charge in [0.15, 0.2) is 11.4 Å². The summed E-state index contributed by atoms with van der Waals surface area (Å²) in [5.74, 6) is -2.11. The number of benzene rings is 3. The van der Waals surface area contributed by atoms with Crippen LogP contribution in [0.4, 0.5) is 8.78 Å². The lowest BCUT2D eigenvalue weighted by molar-refractivity contribution is 0.0517. The van der Waals surface area contributed by atoms with Crippen LogP contribution in [-0.2, 0) is 11.3 Å². The quantitative estimate of drug-likeness (QED) is 0.130. The predicted octanol–water partition coefficient (Wildman–Crippen LogP) is 10.1. The zero-order chi connectivity index (χ0) is 39.1. The van der Waals surface area contributed by atoms with Crippen LogP contribution in [0.2, 0.25) is 0 Å². The summed E-state index contributed by atoms with van der Waals surface area (Å²) < 4.78 is 39.8. The lowest BCUT2D eigenvalue weighted by atomic mass is 9.97. The number of carboxylic acid groups (broad SMARTS) is 1. The molecule has 0 saturated heterocycles. The SMILES string of the molecule is CCOC(=O)c1cc(C2=C(c3cc(Br)ccc3O)CCC2)cnn1.O=C(O)c1cc(C2=C(c3cc(Br)ccc3OCc3ccc(F)cc3F)CCC2)cnn1. The lowest BCUT2D eigenvalue weighted by Gasteiger charge is -2.15. The van der Waals surface area contributed by atoms with Crippen molar-refractivity contribution in [2.24, 2.45) is 0 Å². The summed E-state index contributed by atoms with van der Waals surface area (Å²) in [6, 6.07) is 17.5. The van der Waals surface area contributed by atoms with E-state index in [1.54, 1.807) is 43.6 Å². The number of carbonyl (C=O) groups is 2. The minimum absolute atomic E-state index is 0.0522. The molecule has 2 aromatic heterocycles. The van der Waals surface area contributed by atoms with E-state index >= 15 is 0 Å². The molecule has 0 fully saturated rings. The number of hydrogen-bond acceptors (Lipinski definition) is 9. The largest absolute Gasteiger partial charge is 0.507 e. The summed E-state index contributed by atoms with van der Waals surface area (Å²) in [6.45, 7) is 2.00. The molecular formula is C41H34Br2F2N4O6. The van der Waals surface area contributed by atoms with E-state index in [4.69, 9.17) is 9.47 Å². The summed E-state index contributed by atoms with van der Waals surface area (Å²) in [4.78, 5) is 23.2. The number of aromatic carboxylic acids is 1. The van der Waals surface area contributed by atoms with Crippen LogP contribution in [0.1, 0.15) is 94.2 Å². The first-order valence-electron chi connectivity index (χ1n) is 17.4. The summed E-state index contributed by atoms with van der Waals surface area (Å²) in [7, 11) is 0. The Morgan fingerprint density at radius 2 is 1.33 bits per heavy atom. The van der Waals surface area contributed by atoms with Crippen molar-refractivity contribution in [2.75, 3.05) is 6.61 Å². The minimum atomic E-state index is -1.14. The van der Waals surface area contributed by atoms with Gasteiger partial charge >= 0.3 is 11.9 Å². The summed E-state index contributed by atoms with van der Waals surface area (Å²) in [5.41, 5.74) is 7.69. The highest BCUT2D eigenvalue weighted by molar-refractivity contribution is 9.10. The zero-order valence-corrected chi connectivity index (χ0v) is 32.7. The van der Waals surface area contributed by atoms with Crippen LogP contribution in [0.3, 0.4) is 0 Å². The van der Waals surface area contributed by atoms with Crippen LogP contribution >= 0.6 is 31.9 Å². The minimum Gasteiger partial charge on any atom is -0.507 e. The van der Waals surface area contributed by atoms with E-state index in [1.165, 1.54) is 18.2 Å². The number of aromatic nitrogens is 4. The van der Waals surface area contributed by atoms with Crippen molar-refractivity contribution < 1.29 is 38.1 Å². The highest BCUT2D eigenvalue weighted by Gasteiger charge is 2.24. The Labute approximate surface area is 332 Å². The number of rotatable bonds is 10.